The van der Waals surface area contributed by atoms with Crippen molar-refractivity contribution in [2.24, 2.45) is 5.92 Å². The Bertz CT molecular complexity index is 341. The number of aliphatic hydroxyl groups excluding tert-OH is 1. The first-order valence-electron chi connectivity index (χ1n) is 5.27. The second kappa shape index (κ2) is 6.90. The molecule has 0 aromatic heterocycles. The van der Waals surface area contributed by atoms with Gasteiger partial charge in [0.2, 0.25) is 0 Å². The largest absolute Gasteiger partial charge is 0.481 e. The van der Waals surface area contributed by atoms with E-state index in [1.54, 1.807) is 13.8 Å². The van der Waals surface area contributed by atoms with Gasteiger partial charge in [-0.2, -0.15) is 17.4 Å². The minimum atomic E-state index is -3.72. The molecule has 17 heavy (non-hydrogen) atoms. The molecule has 3 N–H and O–H groups in total. The van der Waals surface area contributed by atoms with Gasteiger partial charge in [-0.1, -0.05) is 13.8 Å². The Kier molecular flexibility index (Phi) is 6.61. The lowest BCUT2D eigenvalue weighted by Gasteiger charge is -2.19. The third-order valence-corrected chi connectivity index (χ3v) is 3.83. The van der Waals surface area contributed by atoms with Crippen LogP contribution in [0.15, 0.2) is 0 Å². The number of aliphatic carboxylic acids is 1. The molecule has 7 nitrogen and oxygen atoms in total. The fourth-order valence-corrected chi connectivity index (χ4v) is 1.84. The first kappa shape index (κ1) is 16.3. The van der Waals surface area contributed by atoms with E-state index in [4.69, 9.17) is 5.11 Å². The molecular formula is C9H20N2O5S. The van der Waals surface area contributed by atoms with Crippen LogP contribution in [0, 0.1) is 5.92 Å². The highest BCUT2D eigenvalue weighted by Crippen LogP contribution is 2.01. The van der Waals surface area contributed by atoms with E-state index in [9.17, 15) is 18.3 Å². The summed E-state index contributed by atoms with van der Waals surface area (Å²) in [5.74, 6) is -1.11. The van der Waals surface area contributed by atoms with Crippen molar-refractivity contribution in [1.29, 1.82) is 0 Å². The summed E-state index contributed by atoms with van der Waals surface area (Å²) >= 11 is 0. The zero-order valence-electron chi connectivity index (χ0n) is 10.3. The number of hydrogen-bond donors (Lipinski definition) is 3. The van der Waals surface area contributed by atoms with Crippen LogP contribution in [-0.2, 0) is 15.0 Å². The lowest BCUT2D eigenvalue weighted by atomic mass is 10.1. The van der Waals surface area contributed by atoms with Gasteiger partial charge in [0, 0.05) is 20.1 Å². The predicted octanol–water partition coefficient (Wildman–Crippen LogP) is -0.756. The molecular weight excluding hydrogens is 248 g/mol. The minimum absolute atomic E-state index is 0.0537. The summed E-state index contributed by atoms with van der Waals surface area (Å²) in [6, 6.07) is 0. The molecule has 0 bridgehead atoms. The number of nitrogens with zero attached hydrogens (tertiary/aromatic N) is 1. The van der Waals surface area contributed by atoms with Gasteiger partial charge in [0.05, 0.1) is 12.5 Å². The predicted molar refractivity (Wildman–Crippen MR) is 62.7 cm³/mol. The maximum Gasteiger partial charge on any atom is 0.304 e. The van der Waals surface area contributed by atoms with E-state index in [2.05, 4.69) is 4.72 Å². The van der Waals surface area contributed by atoms with Gasteiger partial charge in [0.25, 0.3) is 10.2 Å². The van der Waals surface area contributed by atoms with E-state index in [1.807, 2.05) is 0 Å². The SMILES string of the molecule is CC(C)C(O)CNS(=O)(=O)N(C)CCC(=O)O. The molecule has 0 aliphatic carbocycles. The fourth-order valence-electron chi connectivity index (χ4n) is 0.910. The van der Waals surface area contributed by atoms with Gasteiger partial charge in [0.1, 0.15) is 0 Å². The summed E-state index contributed by atoms with van der Waals surface area (Å²) in [5, 5.41) is 17.9. The molecule has 0 aromatic carbocycles. The second-order valence-corrected chi connectivity index (χ2v) is 5.99. The summed E-state index contributed by atoms with van der Waals surface area (Å²) in [4.78, 5) is 10.3. The normalized spacial score (nSPS) is 14.2. The van der Waals surface area contributed by atoms with Crippen molar-refractivity contribution in [3.05, 3.63) is 0 Å². The molecule has 0 aliphatic heterocycles. The molecule has 1 atom stereocenters. The van der Waals surface area contributed by atoms with E-state index in [1.165, 1.54) is 7.05 Å². The van der Waals surface area contributed by atoms with Gasteiger partial charge in [-0.25, -0.2) is 0 Å². The molecule has 0 aliphatic rings. The second-order valence-electron chi connectivity index (χ2n) is 4.13. The Balaban J connectivity index is 4.23. The average molecular weight is 268 g/mol. The summed E-state index contributed by atoms with van der Waals surface area (Å²) in [6.07, 6.45) is -1.03. The number of hydrogen-bond acceptors (Lipinski definition) is 4. The Morgan fingerprint density at radius 3 is 2.35 bits per heavy atom. The zero-order chi connectivity index (χ0) is 13.6. The summed E-state index contributed by atoms with van der Waals surface area (Å²) in [6.45, 7) is 3.35. The highest BCUT2D eigenvalue weighted by atomic mass is 32.2. The first-order chi connectivity index (χ1) is 7.66. The molecule has 0 aromatic rings. The topological polar surface area (TPSA) is 107 Å². The maximum absolute atomic E-state index is 11.6. The van der Waals surface area contributed by atoms with Crippen LogP contribution in [0.3, 0.4) is 0 Å². The molecule has 0 amide bonds. The highest BCUT2D eigenvalue weighted by molar-refractivity contribution is 7.87. The van der Waals surface area contributed by atoms with Crippen molar-refractivity contribution < 1.29 is 23.4 Å². The Labute approximate surface area is 102 Å². The number of aliphatic hydroxyl groups is 1. The summed E-state index contributed by atoms with van der Waals surface area (Å²) < 4.78 is 26.3. The molecule has 102 valence electrons. The van der Waals surface area contributed by atoms with Crippen LogP contribution >= 0.6 is 0 Å². The number of carboxylic acids is 1. The maximum atomic E-state index is 11.6. The van der Waals surface area contributed by atoms with Crippen molar-refractivity contribution in [1.82, 2.24) is 9.03 Å². The molecule has 0 heterocycles. The fraction of sp³-hybridized carbons (Fsp3) is 0.889. The van der Waals surface area contributed by atoms with Gasteiger partial charge < -0.3 is 10.2 Å². The molecule has 8 heteroatoms. The lowest BCUT2D eigenvalue weighted by Crippen LogP contribution is -2.43. The quantitative estimate of drug-likeness (QED) is 0.536. The van der Waals surface area contributed by atoms with E-state index in [0.717, 1.165) is 4.31 Å². The van der Waals surface area contributed by atoms with Crippen molar-refractivity contribution in [3.8, 4) is 0 Å². The number of nitrogens with one attached hydrogen (secondary N) is 1. The Morgan fingerprint density at radius 2 is 1.94 bits per heavy atom. The van der Waals surface area contributed by atoms with Crippen LogP contribution in [-0.4, -0.2) is 55.1 Å². The monoisotopic (exact) mass is 268 g/mol. The molecule has 0 radical (unpaired) electrons. The highest BCUT2D eigenvalue weighted by Gasteiger charge is 2.20. The van der Waals surface area contributed by atoms with E-state index >= 15 is 0 Å². The molecule has 0 rings (SSSR count). The van der Waals surface area contributed by atoms with Crippen molar-refractivity contribution in [2.75, 3.05) is 20.1 Å². The summed E-state index contributed by atoms with van der Waals surface area (Å²) in [7, 11) is -2.44. The van der Waals surface area contributed by atoms with E-state index in [-0.39, 0.29) is 25.4 Å². The van der Waals surface area contributed by atoms with Gasteiger partial charge in [-0.05, 0) is 5.92 Å². The number of carbonyl (C=O) groups is 1. The molecule has 1 unspecified atom stereocenters. The van der Waals surface area contributed by atoms with Crippen molar-refractivity contribution in [3.63, 3.8) is 0 Å². The van der Waals surface area contributed by atoms with Gasteiger partial charge in [-0.3, -0.25) is 4.79 Å². The zero-order valence-corrected chi connectivity index (χ0v) is 11.1. The molecule has 0 spiro atoms. The Morgan fingerprint density at radius 1 is 1.41 bits per heavy atom. The van der Waals surface area contributed by atoms with Gasteiger partial charge in [0.15, 0.2) is 0 Å². The van der Waals surface area contributed by atoms with Crippen LogP contribution in [0.5, 0.6) is 0 Å². The Hall–Kier alpha value is -0.700. The molecule has 0 saturated heterocycles. The smallest absolute Gasteiger partial charge is 0.304 e. The third kappa shape index (κ3) is 6.57. The first-order valence-corrected chi connectivity index (χ1v) is 6.71. The van der Waals surface area contributed by atoms with E-state index < -0.39 is 22.3 Å². The summed E-state index contributed by atoms with van der Waals surface area (Å²) in [5.41, 5.74) is 0. The molecule has 0 saturated carbocycles. The van der Waals surface area contributed by atoms with Crippen LogP contribution in [0.4, 0.5) is 0 Å². The van der Waals surface area contributed by atoms with Crippen molar-refractivity contribution >= 4 is 16.2 Å². The number of rotatable bonds is 8. The molecule has 0 fully saturated rings. The van der Waals surface area contributed by atoms with Gasteiger partial charge in [-0.15, -0.1) is 0 Å². The third-order valence-electron chi connectivity index (χ3n) is 2.30. The lowest BCUT2D eigenvalue weighted by molar-refractivity contribution is -0.137. The van der Waals surface area contributed by atoms with E-state index in [0.29, 0.717) is 0 Å². The van der Waals surface area contributed by atoms with Crippen molar-refractivity contribution in [2.45, 2.75) is 26.4 Å². The average Bonchev–Trinajstić information content (AvgIpc) is 2.22. The van der Waals surface area contributed by atoms with Gasteiger partial charge >= 0.3 is 5.97 Å². The van der Waals surface area contributed by atoms with Crippen LogP contribution in [0.2, 0.25) is 0 Å². The van der Waals surface area contributed by atoms with Crippen LogP contribution < -0.4 is 4.72 Å². The standard InChI is InChI=1S/C9H20N2O5S/c1-7(2)8(12)6-10-17(15,16)11(3)5-4-9(13)14/h7-8,10,12H,4-6H2,1-3H3,(H,13,14). The minimum Gasteiger partial charge on any atom is -0.481 e. The van der Waals surface area contributed by atoms with Crippen LogP contribution in [0.1, 0.15) is 20.3 Å². The number of carboxylic acid groups (broad SMARTS) is 1. The van der Waals surface area contributed by atoms with Crippen LogP contribution in [0.25, 0.3) is 0 Å².